The molecule has 1 unspecified atom stereocenters. The second-order valence-electron chi connectivity index (χ2n) is 4.41. The maximum absolute atomic E-state index is 9.84. The van der Waals surface area contributed by atoms with Gasteiger partial charge in [0.05, 0.1) is 12.8 Å². The number of furan rings is 2. The Hall–Kier alpha value is -2.04. The van der Waals surface area contributed by atoms with Gasteiger partial charge < -0.3 is 19.3 Å². The largest absolute Gasteiger partial charge is 0.467 e. The molecular weight excluding hydrogens is 242 g/mol. The van der Waals surface area contributed by atoms with Gasteiger partial charge in [-0.15, -0.1) is 0 Å². The molecule has 2 aromatic heterocycles. The Kier molecular flexibility index (Phi) is 3.35. The van der Waals surface area contributed by atoms with Crippen molar-refractivity contribution in [2.75, 3.05) is 6.54 Å². The van der Waals surface area contributed by atoms with Crippen LogP contribution in [0.25, 0.3) is 11.0 Å². The van der Waals surface area contributed by atoms with Crippen molar-refractivity contribution in [2.45, 2.75) is 12.6 Å². The third-order valence-electron chi connectivity index (χ3n) is 2.99. The maximum Gasteiger partial charge on any atom is 0.134 e. The second kappa shape index (κ2) is 5.30. The highest BCUT2D eigenvalue weighted by Crippen LogP contribution is 2.18. The van der Waals surface area contributed by atoms with Gasteiger partial charge in [0, 0.05) is 11.9 Å². The van der Waals surface area contributed by atoms with E-state index in [1.54, 1.807) is 18.4 Å². The van der Waals surface area contributed by atoms with Crippen LogP contribution in [0.5, 0.6) is 0 Å². The molecule has 1 aromatic carbocycles. The number of hydrogen-bond acceptors (Lipinski definition) is 4. The van der Waals surface area contributed by atoms with Gasteiger partial charge in [-0.1, -0.05) is 18.2 Å². The third-order valence-corrected chi connectivity index (χ3v) is 2.99. The van der Waals surface area contributed by atoms with E-state index in [-0.39, 0.29) is 0 Å². The summed E-state index contributed by atoms with van der Waals surface area (Å²) in [6.07, 6.45) is 0.914. The molecule has 2 heterocycles. The molecule has 0 saturated heterocycles. The van der Waals surface area contributed by atoms with Gasteiger partial charge in [0.15, 0.2) is 0 Å². The average Bonchev–Trinajstić information content (AvgIpc) is 3.07. The van der Waals surface area contributed by atoms with Gasteiger partial charge in [0.1, 0.15) is 23.2 Å². The highest BCUT2D eigenvalue weighted by atomic mass is 16.4. The fourth-order valence-corrected chi connectivity index (χ4v) is 2.04. The number of fused-ring (bicyclic) bond motifs is 1. The molecule has 1 atom stereocenters. The van der Waals surface area contributed by atoms with Crippen LogP contribution in [0.15, 0.2) is 57.6 Å². The maximum atomic E-state index is 9.84. The van der Waals surface area contributed by atoms with Gasteiger partial charge in [0.25, 0.3) is 0 Å². The first-order valence-electron chi connectivity index (χ1n) is 6.22. The minimum Gasteiger partial charge on any atom is -0.467 e. The van der Waals surface area contributed by atoms with E-state index in [1.807, 2.05) is 30.3 Å². The Morgan fingerprint density at radius 2 is 2.05 bits per heavy atom. The quantitative estimate of drug-likeness (QED) is 0.738. The molecule has 19 heavy (non-hydrogen) atoms. The summed E-state index contributed by atoms with van der Waals surface area (Å²) >= 11 is 0. The van der Waals surface area contributed by atoms with Crippen LogP contribution in [0.4, 0.5) is 0 Å². The molecule has 4 nitrogen and oxygen atoms in total. The van der Waals surface area contributed by atoms with Gasteiger partial charge >= 0.3 is 0 Å². The summed E-state index contributed by atoms with van der Waals surface area (Å²) in [6, 6.07) is 13.4. The minimum atomic E-state index is -0.639. The first-order valence-corrected chi connectivity index (χ1v) is 6.22. The summed E-state index contributed by atoms with van der Waals surface area (Å²) < 4.78 is 10.8. The van der Waals surface area contributed by atoms with Crippen LogP contribution in [-0.2, 0) is 6.54 Å². The van der Waals surface area contributed by atoms with Crippen LogP contribution in [0.1, 0.15) is 17.6 Å². The number of benzene rings is 1. The second-order valence-corrected chi connectivity index (χ2v) is 4.41. The lowest BCUT2D eigenvalue weighted by Gasteiger charge is -2.07. The normalized spacial score (nSPS) is 12.9. The standard InChI is InChI=1S/C15H15NO3/c17-13(15-6-3-7-18-15)10-16-9-12-8-11-4-1-2-5-14(11)19-12/h1-8,13,16-17H,9-10H2. The Morgan fingerprint density at radius 1 is 1.16 bits per heavy atom. The van der Waals surface area contributed by atoms with E-state index in [1.165, 1.54) is 0 Å². The average molecular weight is 257 g/mol. The molecule has 0 aliphatic carbocycles. The zero-order chi connectivity index (χ0) is 13.1. The van der Waals surface area contributed by atoms with Crippen molar-refractivity contribution in [3.05, 3.63) is 60.2 Å². The number of hydrogen-bond donors (Lipinski definition) is 2. The molecule has 0 aliphatic heterocycles. The van der Waals surface area contributed by atoms with E-state index in [4.69, 9.17) is 8.83 Å². The molecule has 98 valence electrons. The molecule has 2 N–H and O–H groups in total. The Morgan fingerprint density at radius 3 is 2.84 bits per heavy atom. The SMILES string of the molecule is OC(CNCc1cc2ccccc2o1)c1ccco1. The van der Waals surface area contributed by atoms with E-state index >= 15 is 0 Å². The lowest BCUT2D eigenvalue weighted by Crippen LogP contribution is -2.20. The molecule has 0 amide bonds. The number of aliphatic hydroxyl groups is 1. The highest BCUT2D eigenvalue weighted by Gasteiger charge is 2.10. The molecule has 0 spiro atoms. The van der Waals surface area contributed by atoms with Crippen LogP contribution in [0.3, 0.4) is 0 Å². The molecule has 3 rings (SSSR count). The lowest BCUT2D eigenvalue weighted by atomic mass is 10.2. The summed E-state index contributed by atoms with van der Waals surface area (Å²) in [5.74, 6) is 1.42. The first-order chi connectivity index (χ1) is 9.33. The summed E-state index contributed by atoms with van der Waals surface area (Å²) in [5, 5.41) is 14.1. The predicted molar refractivity (Wildman–Crippen MR) is 71.6 cm³/mol. The van der Waals surface area contributed by atoms with Gasteiger partial charge in [-0.05, 0) is 24.3 Å². The number of aliphatic hydroxyl groups excluding tert-OH is 1. The van der Waals surface area contributed by atoms with Crippen molar-refractivity contribution >= 4 is 11.0 Å². The van der Waals surface area contributed by atoms with Crippen molar-refractivity contribution in [2.24, 2.45) is 0 Å². The van der Waals surface area contributed by atoms with Crippen molar-refractivity contribution in [1.82, 2.24) is 5.32 Å². The monoisotopic (exact) mass is 257 g/mol. The molecule has 3 aromatic rings. The smallest absolute Gasteiger partial charge is 0.134 e. The molecule has 4 heteroatoms. The van der Waals surface area contributed by atoms with Crippen molar-refractivity contribution < 1.29 is 13.9 Å². The van der Waals surface area contributed by atoms with E-state index in [9.17, 15) is 5.11 Å². The molecule has 0 aliphatic rings. The summed E-state index contributed by atoms with van der Waals surface area (Å²) in [6.45, 7) is 0.997. The van der Waals surface area contributed by atoms with Crippen molar-refractivity contribution in [3.63, 3.8) is 0 Å². The van der Waals surface area contributed by atoms with Crippen LogP contribution >= 0.6 is 0 Å². The molecule has 0 bridgehead atoms. The van der Waals surface area contributed by atoms with Gasteiger partial charge in [-0.25, -0.2) is 0 Å². The fourth-order valence-electron chi connectivity index (χ4n) is 2.04. The van der Waals surface area contributed by atoms with Crippen LogP contribution in [-0.4, -0.2) is 11.7 Å². The number of para-hydroxylation sites is 1. The Labute approximate surface area is 110 Å². The van der Waals surface area contributed by atoms with E-state index in [0.29, 0.717) is 18.8 Å². The zero-order valence-electron chi connectivity index (χ0n) is 10.4. The van der Waals surface area contributed by atoms with Gasteiger partial charge in [-0.3, -0.25) is 0 Å². The number of nitrogens with one attached hydrogen (secondary N) is 1. The lowest BCUT2D eigenvalue weighted by molar-refractivity contribution is 0.146. The molecule has 0 radical (unpaired) electrons. The van der Waals surface area contributed by atoms with Crippen LogP contribution < -0.4 is 5.32 Å². The van der Waals surface area contributed by atoms with Crippen LogP contribution in [0.2, 0.25) is 0 Å². The Bertz CT molecular complexity index is 609. The molecule has 0 saturated carbocycles. The third kappa shape index (κ3) is 2.70. The van der Waals surface area contributed by atoms with E-state index in [0.717, 1.165) is 16.7 Å². The van der Waals surface area contributed by atoms with Crippen LogP contribution in [0, 0.1) is 0 Å². The van der Waals surface area contributed by atoms with Gasteiger partial charge in [-0.2, -0.15) is 0 Å². The topological polar surface area (TPSA) is 58.5 Å². The molecular formula is C15H15NO3. The predicted octanol–water partition coefficient (Wildman–Crippen LogP) is 2.85. The summed E-state index contributed by atoms with van der Waals surface area (Å²) in [4.78, 5) is 0. The zero-order valence-corrected chi connectivity index (χ0v) is 10.4. The summed E-state index contributed by atoms with van der Waals surface area (Å²) in [5.41, 5.74) is 0.880. The van der Waals surface area contributed by atoms with Gasteiger partial charge in [0.2, 0.25) is 0 Å². The fraction of sp³-hybridized carbons (Fsp3) is 0.200. The minimum absolute atomic E-state index is 0.421. The molecule has 0 fully saturated rings. The highest BCUT2D eigenvalue weighted by molar-refractivity contribution is 5.77. The number of rotatable bonds is 5. The Balaban J connectivity index is 1.57. The summed E-state index contributed by atoms with van der Waals surface area (Å²) in [7, 11) is 0. The van der Waals surface area contributed by atoms with Crippen molar-refractivity contribution in [3.8, 4) is 0 Å². The van der Waals surface area contributed by atoms with E-state index < -0.39 is 6.10 Å². The van der Waals surface area contributed by atoms with Crippen molar-refractivity contribution in [1.29, 1.82) is 0 Å². The first kappa shape index (κ1) is 12.0. The van der Waals surface area contributed by atoms with E-state index in [2.05, 4.69) is 5.32 Å².